The van der Waals surface area contributed by atoms with Crippen LogP contribution in [0.1, 0.15) is 42.3 Å². The minimum atomic E-state index is -0.956. The predicted molar refractivity (Wildman–Crippen MR) is 132 cm³/mol. The van der Waals surface area contributed by atoms with E-state index in [-0.39, 0.29) is 33.6 Å². The van der Waals surface area contributed by atoms with E-state index < -0.39 is 23.3 Å². The summed E-state index contributed by atoms with van der Waals surface area (Å²) in [6.45, 7) is 0. The van der Waals surface area contributed by atoms with E-state index in [1.807, 2.05) is 0 Å². The highest BCUT2D eigenvalue weighted by atomic mass is 16.2. The van der Waals surface area contributed by atoms with Crippen LogP contribution in [-0.4, -0.2) is 28.2 Å². The summed E-state index contributed by atoms with van der Waals surface area (Å²) in [5.41, 5.74) is 1.41. The minimum Gasteiger partial charge on any atom is -0.319 e. The molecule has 1 N–H and O–H groups in total. The third-order valence-electron chi connectivity index (χ3n) is 5.64. The van der Waals surface area contributed by atoms with E-state index in [4.69, 9.17) is 0 Å². The number of nitrogens with one attached hydrogen (secondary N) is 1. The summed E-state index contributed by atoms with van der Waals surface area (Å²) < 4.78 is 0. The zero-order chi connectivity index (χ0) is 24.4. The summed E-state index contributed by atoms with van der Waals surface area (Å²) in [6.07, 6.45) is 2.83. The first-order valence-electron chi connectivity index (χ1n) is 10.9. The Hall–Kier alpha value is -4.97. The van der Waals surface area contributed by atoms with Gasteiger partial charge in [-0.3, -0.25) is 19.2 Å². The number of allylic oxidation sites excluding steroid dienone is 1. The highest BCUT2D eigenvalue weighted by molar-refractivity contribution is 6.49. The van der Waals surface area contributed by atoms with Crippen LogP contribution in [0.4, 0.5) is 5.69 Å². The van der Waals surface area contributed by atoms with Crippen molar-refractivity contribution in [3.05, 3.63) is 125 Å². The standard InChI is InChI=1S/C29H18N2O4/c32-22-17-16-21-23(22)24(27(33)19-12-6-2-7-13-19)25(26(31-21)18-10-4-1-5-11-18)28(34)29(35)30-20-14-8-3-9-15-20/h1-17H,(H,30,35). The SMILES string of the molecule is O=C(Nc1ccccc1)C(=O)c1c(-c2ccccc2)nc2c(c1C(=O)c1ccccc1)C(=O)C=C2. The average molecular weight is 458 g/mol. The number of anilines is 1. The van der Waals surface area contributed by atoms with Gasteiger partial charge in [0.15, 0.2) is 11.6 Å². The van der Waals surface area contributed by atoms with Gasteiger partial charge in [0.2, 0.25) is 0 Å². The summed E-state index contributed by atoms with van der Waals surface area (Å²) in [7, 11) is 0. The van der Waals surface area contributed by atoms with E-state index in [0.717, 1.165) is 0 Å². The van der Waals surface area contributed by atoms with Crippen LogP contribution in [0.15, 0.2) is 97.1 Å². The maximum Gasteiger partial charge on any atom is 0.296 e. The van der Waals surface area contributed by atoms with E-state index >= 15 is 0 Å². The molecular formula is C29H18N2O4. The molecule has 1 aliphatic carbocycles. The number of benzene rings is 3. The number of ketones is 3. The Balaban J connectivity index is 1.75. The highest BCUT2D eigenvalue weighted by Gasteiger charge is 2.35. The molecule has 0 fully saturated rings. The molecule has 0 bridgehead atoms. The van der Waals surface area contributed by atoms with E-state index in [9.17, 15) is 19.2 Å². The number of pyridine rings is 1. The molecule has 5 rings (SSSR count). The van der Waals surface area contributed by atoms with Crippen LogP contribution in [0.25, 0.3) is 17.3 Å². The molecule has 6 nitrogen and oxygen atoms in total. The molecule has 0 saturated carbocycles. The third kappa shape index (κ3) is 4.09. The molecule has 6 heteroatoms. The van der Waals surface area contributed by atoms with Gasteiger partial charge >= 0.3 is 0 Å². The average Bonchev–Trinajstić information content (AvgIpc) is 3.28. The van der Waals surface area contributed by atoms with E-state index in [2.05, 4.69) is 10.3 Å². The zero-order valence-electron chi connectivity index (χ0n) is 18.4. The van der Waals surface area contributed by atoms with Gasteiger partial charge in [0, 0.05) is 22.4 Å². The molecule has 0 unspecified atom stereocenters. The largest absolute Gasteiger partial charge is 0.319 e. The molecule has 4 aromatic rings. The molecule has 1 heterocycles. The van der Waals surface area contributed by atoms with E-state index in [0.29, 0.717) is 11.3 Å². The molecule has 0 radical (unpaired) electrons. The molecule has 1 aromatic heterocycles. The van der Waals surface area contributed by atoms with Crippen molar-refractivity contribution in [1.29, 1.82) is 0 Å². The lowest BCUT2D eigenvalue weighted by Gasteiger charge is -2.17. The Morgan fingerprint density at radius 3 is 1.94 bits per heavy atom. The Kier molecular flexibility index (Phi) is 5.69. The van der Waals surface area contributed by atoms with Crippen molar-refractivity contribution < 1.29 is 19.2 Å². The molecule has 0 spiro atoms. The van der Waals surface area contributed by atoms with Crippen LogP contribution in [-0.2, 0) is 4.79 Å². The van der Waals surface area contributed by atoms with E-state index in [1.165, 1.54) is 12.2 Å². The lowest BCUT2D eigenvalue weighted by atomic mass is 9.87. The number of fused-ring (bicyclic) bond motifs is 1. The van der Waals surface area contributed by atoms with Gasteiger partial charge in [-0.05, 0) is 24.3 Å². The first-order valence-corrected chi connectivity index (χ1v) is 10.9. The molecule has 1 amide bonds. The quantitative estimate of drug-likeness (QED) is 0.324. The zero-order valence-corrected chi connectivity index (χ0v) is 18.4. The summed E-state index contributed by atoms with van der Waals surface area (Å²) >= 11 is 0. The van der Waals surface area contributed by atoms with Gasteiger partial charge in [0.25, 0.3) is 11.7 Å². The second kappa shape index (κ2) is 9.11. The lowest BCUT2D eigenvalue weighted by molar-refractivity contribution is -0.112. The Bertz CT molecular complexity index is 1510. The highest BCUT2D eigenvalue weighted by Crippen LogP contribution is 2.34. The van der Waals surface area contributed by atoms with Crippen LogP contribution in [0.5, 0.6) is 0 Å². The second-order valence-corrected chi connectivity index (χ2v) is 7.88. The maximum absolute atomic E-state index is 13.7. The third-order valence-corrected chi connectivity index (χ3v) is 5.64. The van der Waals surface area contributed by atoms with Crippen molar-refractivity contribution in [1.82, 2.24) is 4.98 Å². The molecule has 0 atom stereocenters. The van der Waals surface area contributed by atoms with Crippen molar-refractivity contribution in [3.8, 4) is 11.3 Å². The van der Waals surface area contributed by atoms with Crippen LogP contribution in [0.3, 0.4) is 0 Å². The van der Waals surface area contributed by atoms with Crippen LogP contribution >= 0.6 is 0 Å². The van der Waals surface area contributed by atoms with Gasteiger partial charge in [-0.2, -0.15) is 0 Å². The Morgan fingerprint density at radius 1 is 0.686 bits per heavy atom. The van der Waals surface area contributed by atoms with Gasteiger partial charge in [-0.15, -0.1) is 0 Å². The van der Waals surface area contributed by atoms with Gasteiger partial charge in [-0.1, -0.05) is 78.9 Å². The number of hydrogen-bond acceptors (Lipinski definition) is 5. The van der Waals surface area contributed by atoms with Crippen molar-refractivity contribution in [2.45, 2.75) is 0 Å². The number of nitrogens with zero attached hydrogens (tertiary/aromatic N) is 1. The number of hydrogen-bond donors (Lipinski definition) is 1. The van der Waals surface area contributed by atoms with Crippen molar-refractivity contribution in [3.63, 3.8) is 0 Å². The monoisotopic (exact) mass is 458 g/mol. The Labute approximate surface area is 201 Å². The number of carbonyl (C=O) groups excluding carboxylic acids is 4. The molecule has 3 aromatic carbocycles. The number of para-hydroxylation sites is 1. The van der Waals surface area contributed by atoms with Crippen LogP contribution < -0.4 is 5.32 Å². The minimum absolute atomic E-state index is 0.0226. The predicted octanol–water partition coefficient (Wildman–Crippen LogP) is 5.01. The topological polar surface area (TPSA) is 93.2 Å². The molecule has 0 aliphatic heterocycles. The van der Waals surface area contributed by atoms with E-state index in [1.54, 1.807) is 91.0 Å². The maximum atomic E-state index is 13.7. The smallest absolute Gasteiger partial charge is 0.296 e. The van der Waals surface area contributed by atoms with Crippen molar-refractivity contribution in [2.24, 2.45) is 0 Å². The Morgan fingerprint density at radius 2 is 1.29 bits per heavy atom. The van der Waals surface area contributed by atoms with Crippen molar-refractivity contribution in [2.75, 3.05) is 5.32 Å². The van der Waals surface area contributed by atoms with Crippen molar-refractivity contribution >= 4 is 35.0 Å². The number of rotatable bonds is 6. The lowest BCUT2D eigenvalue weighted by Crippen LogP contribution is -2.27. The first-order chi connectivity index (χ1) is 17.0. The van der Waals surface area contributed by atoms with Gasteiger partial charge in [0.1, 0.15) is 0 Å². The van der Waals surface area contributed by atoms with Crippen LogP contribution in [0.2, 0.25) is 0 Å². The second-order valence-electron chi connectivity index (χ2n) is 7.88. The molecule has 0 saturated heterocycles. The summed E-state index contributed by atoms with van der Waals surface area (Å²) in [4.78, 5) is 57.9. The van der Waals surface area contributed by atoms with Crippen LogP contribution in [0, 0.1) is 0 Å². The van der Waals surface area contributed by atoms with Gasteiger partial charge in [-0.25, -0.2) is 4.98 Å². The van der Waals surface area contributed by atoms with Gasteiger partial charge in [0.05, 0.1) is 22.5 Å². The molecule has 1 aliphatic rings. The first kappa shape index (κ1) is 21.9. The normalized spacial score (nSPS) is 11.7. The fraction of sp³-hybridized carbons (Fsp3) is 0. The fourth-order valence-corrected chi connectivity index (χ4v) is 4.02. The number of Topliss-reactive ketones (excluding diaryl/α,β-unsaturated/α-hetero) is 1. The summed E-state index contributed by atoms with van der Waals surface area (Å²) in [5, 5.41) is 2.58. The molecule has 168 valence electrons. The molecule has 35 heavy (non-hydrogen) atoms. The number of carbonyl (C=O) groups is 4. The fourth-order valence-electron chi connectivity index (χ4n) is 4.02. The summed E-state index contributed by atoms with van der Waals surface area (Å²) in [6, 6.07) is 25.7. The molecular weight excluding hydrogens is 440 g/mol. The summed E-state index contributed by atoms with van der Waals surface area (Å²) in [5.74, 6) is -2.86. The number of amides is 1. The van der Waals surface area contributed by atoms with Gasteiger partial charge < -0.3 is 5.32 Å². The number of aromatic nitrogens is 1.